The topological polar surface area (TPSA) is 34.9 Å². The first-order valence-corrected chi connectivity index (χ1v) is 4.32. The number of hydrogen-bond donors (Lipinski definition) is 0. The molecule has 1 aromatic carbocycles. The first kappa shape index (κ1) is 8.87. The van der Waals surface area contributed by atoms with Crippen molar-refractivity contribution in [2.75, 3.05) is 6.67 Å². The summed E-state index contributed by atoms with van der Waals surface area (Å²) in [7, 11) is 0. The fraction of sp³-hybridized carbons (Fsp3) is 0.200. The smallest absolute Gasteiger partial charge is 0.150 e. The first-order chi connectivity index (χ1) is 6.85. The molecule has 0 saturated heterocycles. The zero-order valence-electron chi connectivity index (χ0n) is 7.48. The highest BCUT2D eigenvalue weighted by Gasteiger charge is 2.02. The number of nitrogens with zero attached hydrogens (tertiary/aromatic N) is 2. The molecule has 0 aliphatic heterocycles. The van der Waals surface area contributed by atoms with Crippen LogP contribution < -0.4 is 0 Å². The molecular formula is C10H9FN2O. The van der Waals surface area contributed by atoms with Crippen LogP contribution in [-0.4, -0.2) is 22.7 Å². The van der Waals surface area contributed by atoms with Gasteiger partial charge in [-0.1, -0.05) is 12.1 Å². The average Bonchev–Trinajstić information content (AvgIpc) is 2.61. The van der Waals surface area contributed by atoms with Gasteiger partial charge in [-0.3, -0.25) is 9.48 Å². The predicted molar refractivity (Wildman–Crippen MR) is 51.1 cm³/mol. The van der Waals surface area contributed by atoms with Gasteiger partial charge in [-0.15, -0.1) is 0 Å². The van der Waals surface area contributed by atoms with E-state index in [0.717, 1.165) is 17.2 Å². The first-order valence-electron chi connectivity index (χ1n) is 4.32. The minimum absolute atomic E-state index is 0.228. The van der Waals surface area contributed by atoms with Gasteiger partial charge in [-0.2, -0.15) is 5.10 Å². The molecular weight excluding hydrogens is 183 g/mol. The molecule has 1 aromatic heterocycles. The summed E-state index contributed by atoms with van der Waals surface area (Å²) in [6, 6.07) is 5.24. The monoisotopic (exact) mass is 192 g/mol. The number of halogens is 1. The predicted octanol–water partition coefficient (Wildman–Crippen LogP) is 1.82. The van der Waals surface area contributed by atoms with Gasteiger partial charge in [0.1, 0.15) is 13.0 Å². The number of aldehydes is 1. The number of rotatable bonds is 3. The van der Waals surface area contributed by atoms with Crippen LogP contribution in [0.1, 0.15) is 10.4 Å². The summed E-state index contributed by atoms with van der Waals surface area (Å²) in [6.07, 6.45) is 2.44. The molecule has 2 aromatic rings. The van der Waals surface area contributed by atoms with Crippen molar-refractivity contribution in [3.63, 3.8) is 0 Å². The Morgan fingerprint density at radius 2 is 2.36 bits per heavy atom. The van der Waals surface area contributed by atoms with E-state index >= 15 is 0 Å². The van der Waals surface area contributed by atoms with Crippen LogP contribution in [-0.2, 0) is 6.54 Å². The Morgan fingerprint density at radius 3 is 3.07 bits per heavy atom. The third kappa shape index (κ3) is 1.39. The summed E-state index contributed by atoms with van der Waals surface area (Å²) in [4.78, 5) is 10.5. The molecule has 0 amide bonds. The second-order valence-electron chi connectivity index (χ2n) is 2.99. The van der Waals surface area contributed by atoms with E-state index < -0.39 is 6.67 Å². The van der Waals surface area contributed by atoms with Gasteiger partial charge < -0.3 is 0 Å². The van der Waals surface area contributed by atoms with Gasteiger partial charge in [0.25, 0.3) is 0 Å². The summed E-state index contributed by atoms with van der Waals surface area (Å²) in [5, 5.41) is 4.94. The molecule has 0 aliphatic carbocycles. The van der Waals surface area contributed by atoms with E-state index in [1.54, 1.807) is 29.1 Å². The molecule has 1 heterocycles. The van der Waals surface area contributed by atoms with Crippen molar-refractivity contribution >= 4 is 17.2 Å². The molecule has 0 N–H and O–H groups in total. The van der Waals surface area contributed by atoms with E-state index in [-0.39, 0.29) is 6.54 Å². The van der Waals surface area contributed by atoms with E-state index in [0.29, 0.717) is 5.56 Å². The number of aryl methyl sites for hydroxylation is 1. The molecule has 0 saturated carbocycles. The molecule has 0 aliphatic rings. The van der Waals surface area contributed by atoms with Crippen LogP contribution in [0.15, 0.2) is 24.4 Å². The summed E-state index contributed by atoms with van der Waals surface area (Å²) in [6.45, 7) is -0.228. The van der Waals surface area contributed by atoms with E-state index in [1.165, 1.54) is 0 Å². The summed E-state index contributed by atoms with van der Waals surface area (Å²) < 4.78 is 13.7. The van der Waals surface area contributed by atoms with E-state index in [2.05, 4.69) is 5.10 Å². The maximum Gasteiger partial charge on any atom is 0.150 e. The molecule has 0 unspecified atom stereocenters. The highest BCUT2D eigenvalue weighted by atomic mass is 19.1. The quantitative estimate of drug-likeness (QED) is 0.695. The number of alkyl halides is 1. The molecule has 3 nitrogen and oxygen atoms in total. The van der Waals surface area contributed by atoms with Crippen molar-refractivity contribution in [2.24, 2.45) is 0 Å². The van der Waals surface area contributed by atoms with Gasteiger partial charge in [0.15, 0.2) is 0 Å². The molecule has 14 heavy (non-hydrogen) atoms. The molecule has 0 atom stereocenters. The lowest BCUT2D eigenvalue weighted by atomic mass is 10.2. The van der Waals surface area contributed by atoms with E-state index in [1.807, 2.05) is 0 Å². The Hall–Kier alpha value is -1.71. The third-order valence-corrected chi connectivity index (χ3v) is 2.10. The van der Waals surface area contributed by atoms with Crippen LogP contribution in [0.5, 0.6) is 0 Å². The number of carbonyl (C=O) groups is 1. The van der Waals surface area contributed by atoms with Gasteiger partial charge in [-0.25, -0.2) is 4.39 Å². The van der Waals surface area contributed by atoms with Crippen LogP contribution in [0.4, 0.5) is 4.39 Å². The molecule has 0 bridgehead atoms. The number of fused-ring (bicyclic) bond motifs is 1. The van der Waals surface area contributed by atoms with Crippen LogP contribution in [0.3, 0.4) is 0 Å². The minimum Gasteiger partial charge on any atom is -0.298 e. The average molecular weight is 192 g/mol. The lowest BCUT2D eigenvalue weighted by molar-refractivity contribution is 0.112. The fourth-order valence-electron chi connectivity index (χ4n) is 1.42. The van der Waals surface area contributed by atoms with Gasteiger partial charge in [0.05, 0.1) is 18.3 Å². The van der Waals surface area contributed by atoms with Crippen molar-refractivity contribution in [3.8, 4) is 0 Å². The number of hydrogen-bond acceptors (Lipinski definition) is 2. The second kappa shape index (κ2) is 3.57. The second-order valence-corrected chi connectivity index (χ2v) is 2.99. The van der Waals surface area contributed by atoms with Crippen molar-refractivity contribution in [1.29, 1.82) is 0 Å². The molecule has 0 fully saturated rings. The Balaban J connectivity index is 2.57. The minimum atomic E-state index is -0.456. The summed E-state index contributed by atoms with van der Waals surface area (Å²) in [5.74, 6) is 0. The standard InChI is InChI=1S/C10H9FN2O/c11-3-4-13-10-5-8(7-14)1-2-9(10)6-12-13/h1-2,5-7H,3-4H2. The van der Waals surface area contributed by atoms with Crippen LogP contribution in [0.2, 0.25) is 0 Å². The Bertz CT molecular complexity index is 464. The van der Waals surface area contributed by atoms with Gasteiger partial charge >= 0.3 is 0 Å². The summed E-state index contributed by atoms with van der Waals surface area (Å²) in [5.41, 5.74) is 1.38. The van der Waals surface area contributed by atoms with Crippen LogP contribution in [0, 0.1) is 0 Å². The third-order valence-electron chi connectivity index (χ3n) is 2.10. The Labute approximate surface area is 80.1 Å². The zero-order chi connectivity index (χ0) is 9.97. The molecule has 0 radical (unpaired) electrons. The largest absolute Gasteiger partial charge is 0.298 e. The number of carbonyl (C=O) groups excluding carboxylic acids is 1. The van der Waals surface area contributed by atoms with Crippen molar-refractivity contribution in [1.82, 2.24) is 9.78 Å². The van der Waals surface area contributed by atoms with Crippen molar-refractivity contribution < 1.29 is 9.18 Å². The molecule has 4 heteroatoms. The fourth-order valence-corrected chi connectivity index (χ4v) is 1.42. The van der Waals surface area contributed by atoms with Gasteiger partial charge in [-0.05, 0) is 6.07 Å². The molecule has 72 valence electrons. The SMILES string of the molecule is O=Cc1ccc2cnn(CCF)c2c1. The molecule has 2 rings (SSSR count). The van der Waals surface area contributed by atoms with Crippen LogP contribution in [0.25, 0.3) is 10.9 Å². The highest BCUT2D eigenvalue weighted by Crippen LogP contribution is 2.14. The van der Waals surface area contributed by atoms with Gasteiger partial charge in [0, 0.05) is 10.9 Å². The number of aromatic nitrogens is 2. The van der Waals surface area contributed by atoms with Crippen molar-refractivity contribution in [2.45, 2.75) is 6.54 Å². The zero-order valence-corrected chi connectivity index (χ0v) is 7.48. The normalized spacial score (nSPS) is 10.6. The highest BCUT2D eigenvalue weighted by molar-refractivity contribution is 5.86. The lowest BCUT2D eigenvalue weighted by Crippen LogP contribution is -2.01. The maximum absolute atomic E-state index is 12.1. The molecule has 0 spiro atoms. The lowest BCUT2D eigenvalue weighted by Gasteiger charge is -1.99. The maximum atomic E-state index is 12.1. The summed E-state index contributed by atoms with van der Waals surface area (Å²) >= 11 is 0. The van der Waals surface area contributed by atoms with Gasteiger partial charge in [0.2, 0.25) is 0 Å². The Morgan fingerprint density at radius 1 is 1.50 bits per heavy atom. The van der Waals surface area contributed by atoms with Crippen LogP contribution >= 0.6 is 0 Å². The van der Waals surface area contributed by atoms with Crippen molar-refractivity contribution in [3.05, 3.63) is 30.0 Å². The van der Waals surface area contributed by atoms with E-state index in [4.69, 9.17) is 0 Å². The number of benzene rings is 1. The van der Waals surface area contributed by atoms with E-state index in [9.17, 15) is 9.18 Å². The Kier molecular flexibility index (Phi) is 2.26.